The van der Waals surface area contributed by atoms with Crippen LogP contribution in [0.1, 0.15) is 63.5 Å². The number of anilines is 1. The first-order valence-electron chi connectivity index (χ1n) is 13.1. The van der Waals surface area contributed by atoms with Gasteiger partial charge in [-0.25, -0.2) is 0 Å². The third kappa shape index (κ3) is 6.31. The molecule has 0 bridgehead atoms. The summed E-state index contributed by atoms with van der Waals surface area (Å²) >= 11 is 1.30. The third-order valence-corrected chi connectivity index (χ3v) is 8.00. The minimum Gasteiger partial charge on any atom is -0.497 e. The summed E-state index contributed by atoms with van der Waals surface area (Å²) in [5.41, 5.74) is 4.64. The lowest BCUT2D eigenvalue weighted by Gasteiger charge is -2.39. The van der Waals surface area contributed by atoms with E-state index < -0.39 is 5.92 Å². The van der Waals surface area contributed by atoms with Crippen LogP contribution < -0.4 is 15.4 Å². The van der Waals surface area contributed by atoms with E-state index in [1.54, 1.807) is 7.11 Å². The van der Waals surface area contributed by atoms with Crippen molar-refractivity contribution >= 4 is 29.1 Å². The van der Waals surface area contributed by atoms with Crippen molar-refractivity contribution in [3.8, 4) is 11.8 Å². The molecule has 1 unspecified atom stereocenters. The van der Waals surface area contributed by atoms with Gasteiger partial charge in [-0.05, 0) is 60.1 Å². The highest BCUT2D eigenvalue weighted by atomic mass is 32.2. The van der Waals surface area contributed by atoms with Crippen molar-refractivity contribution < 1.29 is 14.3 Å². The highest BCUT2D eigenvalue weighted by molar-refractivity contribution is 8.03. The first kappa shape index (κ1) is 27.5. The fourth-order valence-electron chi connectivity index (χ4n) is 5.09. The van der Waals surface area contributed by atoms with Gasteiger partial charge in [0.25, 0.3) is 0 Å². The number of hydrogen-bond donors (Lipinski definition) is 2. The molecule has 7 heteroatoms. The Kier molecular flexibility index (Phi) is 8.63. The predicted octanol–water partition coefficient (Wildman–Crippen LogP) is 6.47. The highest BCUT2D eigenvalue weighted by Gasteiger charge is 2.42. The number of Topliss-reactive ketones (excluding diaryl/α,β-unsaturated/α-hetero) is 1. The number of benzene rings is 2. The lowest BCUT2D eigenvalue weighted by atomic mass is 9.69. The van der Waals surface area contributed by atoms with Crippen molar-refractivity contribution in [2.75, 3.05) is 18.2 Å². The molecule has 0 fully saturated rings. The maximum atomic E-state index is 13.3. The van der Waals surface area contributed by atoms with E-state index in [1.165, 1.54) is 17.3 Å². The SMILES string of the molecule is CCCCc1ccc(NC(=O)CSC2=C(C#N)C(c3ccc(OC)cc3)C3=C(CC(C)(C)CC3=O)N2)cc1. The molecule has 6 nitrogen and oxygen atoms in total. The van der Waals surface area contributed by atoms with Gasteiger partial charge in [-0.1, -0.05) is 63.2 Å². The Bertz CT molecular complexity index is 1300. The summed E-state index contributed by atoms with van der Waals surface area (Å²) < 4.78 is 5.31. The van der Waals surface area contributed by atoms with Gasteiger partial charge < -0.3 is 15.4 Å². The number of rotatable bonds is 9. The molecule has 1 aliphatic carbocycles. The number of ether oxygens (including phenoxy) is 1. The van der Waals surface area contributed by atoms with Crippen LogP contribution in [0.25, 0.3) is 0 Å². The highest BCUT2D eigenvalue weighted by Crippen LogP contribution is 2.48. The van der Waals surface area contributed by atoms with Crippen LogP contribution >= 0.6 is 11.8 Å². The normalized spacial score (nSPS) is 18.4. The maximum Gasteiger partial charge on any atom is 0.234 e. The lowest BCUT2D eigenvalue weighted by Crippen LogP contribution is -2.37. The van der Waals surface area contributed by atoms with Crippen LogP contribution in [0.2, 0.25) is 0 Å². The molecule has 2 N–H and O–H groups in total. The summed E-state index contributed by atoms with van der Waals surface area (Å²) in [4.78, 5) is 26.2. The molecule has 4 rings (SSSR count). The van der Waals surface area contributed by atoms with Crippen molar-refractivity contribution in [3.05, 3.63) is 81.5 Å². The number of nitrogens with zero attached hydrogens (tertiary/aromatic N) is 1. The number of carbonyl (C=O) groups is 2. The van der Waals surface area contributed by atoms with Gasteiger partial charge in [-0.2, -0.15) is 5.26 Å². The molecular formula is C31H35N3O3S. The quantitative estimate of drug-likeness (QED) is 0.387. The van der Waals surface area contributed by atoms with Crippen LogP contribution in [0.3, 0.4) is 0 Å². The van der Waals surface area contributed by atoms with E-state index in [9.17, 15) is 14.9 Å². The molecule has 0 saturated heterocycles. The van der Waals surface area contributed by atoms with Gasteiger partial charge in [0.15, 0.2) is 5.78 Å². The molecule has 2 aliphatic rings. The van der Waals surface area contributed by atoms with Crippen molar-refractivity contribution in [2.45, 2.75) is 58.8 Å². The van der Waals surface area contributed by atoms with E-state index in [4.69, 9.17) is 4.74 Å². The summed E-state index contributed by atoms with van der Waals surface area (Å²) in [6, 6.07) is 17.8. The van der Waals surface area contributed by atoms with E-state index in [1.807, 2.05) is 48.5 Å². The molecule has 1 aliphatic heterocycles. The average molecular weight is 530 g/mol. The summed E-state index contributed by atoms with van der Waals surface area (Å²) in [5, 5.41) is 17.2. The minimum atomic E-state index is -0.480. The van der Waals surface area contributed by atoms with E-state index in [2.05, 4.69) is 37.5 Å². The van der Waals surface area contributed by atoms with Gasteiger partial charge in [0.2, 0.25) is 5.91 Å². The minimum absolute atomic E-state index is 0.0569. The number of amides is 1. The summed E-state index contributed by atoms with van der Waals surface area (Å²) in [7, 11) is 1.61. The Morgan fingerprint density at radius 3 is 2.50 bits per heavy atom. The number of methoxy groups -OCH3 is 1. The zero-order chi connectivity index (χ0) is 27.3. The number of thioether (sulfide) groups is 1. The number of carbonyl (C=O) groups excluding carboxylic acids is 2. The fraction of sp³-hybridized carbons (Fsp3) is 0.387. The van der Waals surface area contributed by atoms with Crippen molar-refractivity contribution in [1.82, 2.24) is 5.32 Å². The molecule has 198 valence electrons. The first-order valence-corrected chi connectivity index (χ1v) is 14.1. The van der Waals surface area contributed by atoms with Gasteiger partial charge in [0, 0.05) is 23.4 Å². The van der Waals surface area contributed by atoms with E-state index >= 15 is 0 Å². The molecule has 2 aromatic rings. The van der Waals surface area contributed by atoms with E-state index in [-0.39, 0.29) is 22.9 Å². The molecule has 1 heterocycles. The number of nitriles is 1. The number of dihydropyridines is 1. The van der Waals surface area contributed by atoms with Crippen LogP contribution in [-0.4, -0.2) is 24.6 Å². The number of nitrogens with one attached hydrogen (secondary N) is 2. The van der Waals surface area contributed by atoms with Crippen molar-refractivity contribution in [2.24, 2.45) is 5.41 Å². The summed E-state index contributed by atoms with van der Waals surface area (Å²) in [6.45, 7) is 6.33. The summed E-state index contributed by atoms with van der Waals surface area (Å²) in [6.07, 6.45) is 4.45. The fourth-order valence-corrected chi connectivity index (χ4v) is 5.95. The number of allylic oxidation sites excluding steroid dienone is 3. The number of hydrogen-bond acceptors (Lipinski definition) is 6. The number of aryl methyl sites for hydroxylation is 1. The maximum absolute atomic E-state index is 13.3. The largest absolute Gasteiger partial charge is 0.497 e. The van der Waals surface area contributed by atoms with Crippen LogP contribution in [0, 0.1) is 16.7 Å². The Morgan fingerprint density at radius 1 is 1.16 bits per heavy atom. The van der Waals surface area contributed by atoms with Crippen LogP contribution in [-0.2, 0) is 16.0 Å². The summed E-state index contributed by atoms with van der Waals surface area (Å²) in [5.74, 6) is 0.276. The number of ketones is 1. The van der Waals surface area contributed by atoms with Gasteiger partial charge >= 0.3 is 0 Å². The second-order valence-corrected chi connectivity index (χ2v) is 11.6. The lowest BCUT2D eigenvalue weighted by molar-refractivity contribution is -0.118. The topological polar surface area (TPSA) is 91.2 Å². The Labute approximate surface area is 229 Å². The predicted molar refractivity (Wildman–Crippen MR) is 153 cm³/mol. The average Bonchev–Trinajstić information content (AvgIpc) is 2.90. The molecule has 1 atom stereocenters. The monoisotopic (exact) mass is 529 g/mol. The standard InChI is InChI=1S/C31H35N3O3S/c1-5-6-7-20-8-12-22(13-9-20)33-27(36)19-38-30-24(18-32)28(21-10-14-23(37-4)15-11-21)29-25(34-30)16-31(2,3)17-26(29)35/h8-15,28,34H,5-7,16-17,19H2,1-4H3,(H,33,36). The molecule has 1 amide bonds. The number of unbranched alkanes of at least 4 members (excludes halogenated alkanes) is 1. The molecule has 0 radical (unpaired) electrons. The van der Waals surface area contributed by atoms with E-state index in [0.29, 0.717) is 34.8 Å². The van der Waals surface area contributed by atoms with Crippen LogP contribution in [0.5, 0.6) is 5.75 Å². The van der Waals surface area contributed by atoms with Gasteiger partial charge in [0.05, 0.1) is 35.5 Å². The molecular weight excluding hydrogens is 494 g/mol. The van der Waals surface area contributed by atoms with Crippen LogP contribution in [0.15, 0.2) is 70.4 Å². The van der Waals surface area contributed by atoms with E-state index in [0.717, 1.165) is 36.2 Å². The second-order valence-electron chi connectivity index (χ2n) is 10.7. The van der Waals surface area contributed by atoms with Gasteiger partial charge in [-0.3, -0.25) is 9.59 Å². The van der Waals surface area contributed by atoms with Gasteiger partial charge in [0.1, 0.15) is 5.75 Å². The zero-order valence-corrected chi connectivity index (χ0v) is 23.3. The smallest absolute Gasteiger partial charge is 0.234 e. The Morgan fingerprint density at radius 2 is 1.87 bits per heavy atom. The van der Waals surface area contributed by atoms with Gasteiger partial charge in [-0.15, -0.1) is 0 Å². The third-order valence-electron chi connectivity index (χ3n) is 6.98. The molecule has 2 aromatic carbocycles. The first-order chi connectivity index (χ1) is 18.2. The zero-order valence-electron chi connectivity index (χ0n) is 22.5. The molecule has 38 heavy (non-hydrogen) atoms. The Hall–Kier alpha value is -3.50. The molecule has 0 spiro atoms. The second kappa shape index (κ2) is 11.9. The molecule has 0 aromatic heterocycles. The molecule has 0 saturated carbocycles. The Balaban J connectivity index is 1.56. The van der Waals surface area contributed by atoms with Crippen LogP contribution in [0.4, 0.5) is 5.69 Å². The van der Waals surface area contributed by atoms with Crippen molar-refractivity contribution in [1.29, 1.82) is 5.26 Å². The van der Waals surface area contributed by atoms with Crippen molar-refractivity contribution in [3.63, 3.8) is 0 Å².